The van der Waals surface area contributed by atoms with Crippen LogP contribution in [0.2, 0.25) is 0 Å². The van der Waals surface area contributed by atoms with Gasteiger partial charge in [-0.3, -0.25) is 0 Å². The fraction of sp³-hybridized carbons (Fsp3) is 1.00. The smallest absolute Gasteiger partial charge is 0.0881 e. The zero-order chi connectivity index (χ0) is 6.91. The molecule has 0 saturated carbocycles. The molecule has 1 heterocycles. The van der Waals surface area contributed by atoms with E-state index < -0.39 is 0 Å². The first-order valence-electron chi connectivity index (χ1n) is 3.34. The van der Waals surface area contributed by atoms with Crippen LogP contribution in [0.5, 0.6) is 0 Å². The zero-order valence-electron chi connectivity index (χ0n) is 6.31. The van der Waals surface area contributed by atoms with Crippen molar-refractivity contribution in [3.05, 3.63) is 0 Å². The van der Waals surface area contributed by atoms with Crippen molar-refractivity contribution in [2.24, 2.45) is 5.92 Å². The van der Waals surface area contributed by atoms with Gasteiger partial charge in [0.25, 0.3) is 0 Å². The highest BCUT2D eigenvalue weighted by atomic mass is 32.2. The Morgan fingerprint density at radius 1 is 1.44 bits per heavy atom. The Labute approximate surface area is 61.2 Å². The average molecular weight is 146 g/mol. The average Bonchev–Trinajstić information content (AvgIpc) is 1.62. The van der Waals surface area contributed by atoms with Gasteiger partial charge in [0.05, 0.1) is 5.60 Å². The number of hydrogen-bond donors (Lipinski definition) is 0. The Bertz CT molecular complexity index is 91.6. The van der Waals surface area contributed by atoms with Crippen LogP contribution in [0, 0.1) is 5.92 Å². The van der Waals surface area contributed by atoms with Crippen LogP contribution in [-0.4, -0.2) is 24.2 Å². The summed E-state index contributed by atoms with van der Waals surface area (Å²) in [6.07, 6.45) is 0. The Kier molecular flexibility index (Phi) is 2.07. The second-order valence-corrected chi connectivity index (χ2v) is 3.90. The first-order valence-corrected chi connectivity index (χ1v) is 4.49. The van der Waals surface area contributed by atoms with E-state index in [1.165, 1.54) is 11.5 Å². The lowest BCUT2D eigenvalue weighted by atomic mass is 9.93. The molecule has 0 atom stereocenters. The van der Waals surface area contributed by atoms with Gasteiger partial charge < -0.3 is 4.74 Å². The summed E-state index contributed by atoms with van der Waals surface area (Å²) in [7, 11) is 1.82. The molecule has 1 fully saturated rings. The van der Waals surface area contributed by atoms with Crippen molar-refractivity contribution in [3.8, 4) is 0 Å². The van der Waals surface area contributed by atoms with Gasteiger partial charge in [0, 0.05) is 18.6 Å². The molecule has 0 amide bonds. The number of methoxy groups -OCH3 is 1. The normalized spacial score (nSPS) is 24.0. The lowest BCUT2D eigenvalue weighted by molar-refractivity contribution is -0.0167. The molecule has 1 aliphatic heterocycles. The number of hydrogen-bond acceptors (Lipinski definition) is 2. The molecule has 1 nitrogen and oxygen atoms in total. The van der Waals surface area contributed by atoms with Crippen LogP contribution in [0.1, 0.15) is 13.8 Å². The minimum atomic E-state index is 0.227. The molecule has 1 rings (SSSR count). The number of rotatable bonds is 2. The van der Waals surface area contributed by atoms with Gasteiger partial charge in [-0.15, -0.1) is 0 Å². The summed E-state index contributed by atoms with van der Waals surface area (Å²) in [5.41, 5.74) is 0.227. The van der Waals surface area contributed by atoms with E-state index in [0.29, 0.717) is 5.92 Å². The minimum Gasteiger partial charge on any atom is -0.376 e. The maximum Gasteiger partial charge on any atom is 0.0881 e. The molecule has 1 saturated heterocycles. The van der Waals surface area contributed by atoms with Crippen molar-refractivity contribution in [2.75, 3.05) is 18.6 Å². The molecule has 9 heavy (non-hydrogen) atoms. The second-order valence-electron chi connectivity index (χ2n) is 2.92. The van der Waals surface area contributed by atoms with Crippen molar-refractivity contribution in [2.45, 2.75) is 19.4 Å². The number of ether oxygens (including phenoxy) is 1. The molecule has 0 aromatic rings. The van der Waals surface area contributed by atoms with Crippen LogP contribution >= 0.6 is 11.8 Å². The third-order valence-corrected chi connectivity index (χ3v) is 3.54. The molecule has 2 heteroatoms. The third-order valence-electron chi connectivity index (χ3n) is 2.15. The van der Waals surface area contributed by atoms with E-state index in [0.717, 1.165) is 0 Å². The summed E-state index contributed by atoms with van der Waals surface area (Å²) in [6, 6.07) is 0. The van der Waals surface area contributed by atoms with Gasteiger partial charge in [0.1, 0.15) is 0 Å². The van der Waals surface area contributed by atoms with Crippen molar-refractivity contribution in [1.82, 2.24) is 0 Å². The quantitative estimate of drug-likeness (QED) is 0.587. The molecule has 0 radical (unpaired) electrons. The Hall–Kier alpha value is 0.310. The van der Waals surface area contributed by atoms with Crippen LogP contribution in [0.4, 0.5) is 0 Å². The Balaban J connectivity index is 2.46. The Morgan fingerprint density at radius 2 is 2.00 bits per heavy atom. The predicted molar refractivity (Wildman–Crippen MR) is 41.9 cm³/mol. The van der Waals surface area contributed by atoms with Gasteiger partial charge in [0.2, 0.25) is 0 Å². The van der Waals surface area contributed by atoms with E-state index in [1.54, 1.807) is 0 Å². The van der Waals surface area contributed by atoms with Gasteiger partial charge in [-0.1, -0.05) is 13.8 Å². The lowest BCUT2D eigenvalue weighted by Gasteiger charge is -2.43. The molecule has 0 aliphatic carbocycles. The van der Waals surface area contributed by atoms with Crippen molar-refractivity contribution >= 4 is 11.8 Å². The van der Waals surface area contributed by atoms with Crippen molar-refractivity contribution in [3.63, 3.8) is 0 Å². The molecule has 54 valence electrons. The van der Waals surface area contributed by atoms with Gasteiger partial charge in [0.15, 0.2) is 0 Å². The fourth-order valence-electron chi connectivity index (χ4n) is 0.990. The Morgan fingerprint density at radius 3 is 2.00 bits per heavy atom. The standard InChI is InChI=1S/C7H14OS/c1-6(2)7(8-3)4-9-5-7/h6H,4-5H2,1-3H3. The maximum atomic E-state index is 5.41. The number of thioether (sulfide) groups is 1. The first-order chi connectivity index (χ1) is 4.21. The van der Waals surface area contributed by atoms with Gasteiger partial charge in [-0.2, -0.15) is 11.8 Å². The van der Waals surface area contributed by atoms with Crippen molar-refractivity contribution < 1.29 is 4.74 Å². The minimum absolute atomic E-state index is 0.227. The summed E-state index contributed by atoms with van der Waals surface area (Å²) < 4.78 is 5.41. The fourth-order valence-corrected chi connectivity index (χ4v) is 2.50. The third kappa shape index (κ3) is 1.10. The summed E-state index contributed by atoms with van der Waals surface area (Å²) in [4.78, 5) is 0. The first kappa shape index (κ1) is 7.42. The highest BCUT2D eigenvalue weighted by Crippen LogP contribution is 2.38. The molecule has 0 aromatic heterocycles. The molecule has 0 bridgehead atoms. The van der Waals surface area contributed by atoms with Crippen LogP contribution in [-0.2, 0) is 4.74 Å². The van der Waals surface area contributed by atoms with Crippen LogP contribution in [0.25, 0.3) is 0 Å². The van der Waals surface area contributed by atoms with Crippen LogP contribution in [0.3, 0.4) is 0 Å². The van der Waals surface area contributed by atoms with E-state index >= 15 is 0 Å². The van der Waals surface area contributed by atoms with Crippen LogP contribution < -0.4 is 0 Å². The van der Waals surface area contributed by atoms with E-state index in [2.05, 4.69) is 13.8 Å². The second kappa shape index (κ2) is 2.51. The maximum absolute atomic E-state index is 5.41. The molecular formula is C7H14OS. The highest BCUT2D eigenvalue weighted by molar-refractivity contribution is 8.00. The molecular weight excluding hydrogens is 132 g/mol. The largest absolute Gasteiger partial charge is 0.376 e. The van der Waals surface area contributed by atoms with Gasteiger partial charge >= 0.3 is 0 Å². The molecule has 0 aromatic carbocycles. The highest BCUT2D eigenvalue weighted by Gasteiger charge is 2.40. The summed E-state index contributed by atoms with van der Waals surface area (Å²) in [6.45, 7) is 4.45. The van der Waals surface area contributed by atoms with E-state index in [9.17, 15) is 0 Å². The predicted octanol–water partition coefficient (Wildman–Crippen LogP) is 1.77. The molecule has 0 N–H and O–H groups in total. The van der Waals surface area contributed by atoms with Crippen molar-refractivity contribution in [1.29, 1.82) is 0 Å². The van der Waals surface area contributed by atoms with Crippen LogP contribution in [0.15, 0.2) is 0 Å². The molecule has 1 aliphatic rings. The lowest BCUT2D eigenvalue weighted by Crippen LogP contribution is -2.49. The summed E-state index contributed by atoms with van der Waals surface area (Å²) in [5.74, 6) is 3.03. The SMILES string of the molecule is COC1(C(C)C)CSC1. The van der Waals surface area contributed by atoms with E-state index in [-0.39, 0.29) is 5.60 Å². The van der Waals surface area contributed by atoms with Gasteiger partial charge in [-0.05, 0) is 5.92 Å². The summed E-state index contributed by atoms with van der Waals surface area (Å²) >= 11 is 1.97. The molecule has 0 unspecified atom stereocenters. The molecule has 0 spiro atoms. The topological polar surface area (TPSA) is 9.23 Å². The van der Waals surface area contributed by atoms with Gasteiger partial charge in [-0.25, -0.2) is 0 Å². The monoisotopic (exact) mass is 146 g/mol. The van der Waals surface area contributed by atoms with E-state index in [1.807, 2.05) is 18.9 Å². The zero-order valence-corrected chi connectivity index (χ0v) is 7.12. The summed E-state index contributed by atoms with van der Waals surface area (Å²) in [5, 5.41) is 0. The van der Waals surface area contributed by atoms with E-state index in [4.69, 9.17) is 4.74 Å².